The van der Waals surface area contributed by atoms with Crippen molar-refractivity contribution in [2.45, 2.75) is 6.10 Å². The van der Waals surface area contributed by atoms with E-state index < -0.39 is 11.9 Å². The number of halogens is 1. The molecule has 96 valence electrons. The number of rotatable bonds is 4. The molecule has 4 heteroatoms. The predicted molar refractivity (Wildman–Crippen MR) is 68.0 cm³/mol. The van der Waals surface area contributed by atoms with Crippen LogP contribution in [0.15, 0.2) is 48.5 Å². The van der Waals surface area contributed by atoms with Gasteiger partial charge in [-0.2, -0.15) is 5.26 Å². The largest absolute Gasteiger partial charge is 0.489 e. The zero-order valence-corrected chi connectivity index (χ0v) is 10.1. The molecule has 0 radical (unpaired) electrons. The number of nitriles is 1. The maximum Gasteiger partial charge on any atom is 0.144 e. The van der Waals surface area contributed by atoms with Gasteiger partial charge >= 0.3 is 0 Å². The van der Waals surface area contributed by atoms with Crippen molar-refractivity contribution in [1.82, 2.24) is 0 Å². The molecule has 3 nitrogen and oxygen atoms in total. The summed E-state index contributed by atoms with van der Waals surface area (Å²) in [6.07, 6.45) is -0.823. The normalized spacial score (nSPS) is 11.6. The Morgan fingerprint density at radius 2 is 1.89 bits per heavy atom. The van der Waals surface area contributed by atoms with Crippen molar-refractivity contribution in [3.8, 4) is 11.8 Å². The summed E-state index contributed by atoms with van der Waals surface area (Å²) in [6, 6.07) is 14.9. The molecule has 0 saturated heterocycles. The molecule has 0 aromatic heterocycles. The van der Waals surface area contributed by atoms with Crippen LogP contribution in [0.2, 0.25) is 0 Å². The van der Waals surface area contributed by atoms with Crippen LogP contribution < -0.4 is 4.74 Å². The van der Waals surface area contributed by atoms with Gasteiger partial charge in [0.1, 0.15) is 35.9 Å². The first-order valence-electron chi connectivity index (χ1n) is 5.77. The second-order valence-corrected chi connectivity index (χ2v) is 3.96. The maximum atomic E-state index is 13.3. The van der Waals surface area contributed by atoms with Gasteiger partial charge in [-0.05, 0) is 17.7 Å². The molecule has 0 bridgehead atoms. The molecule has 0 aliphatic carbocycles. The average Bonchev–Trinajstić information content (AvgIpc) is 2.45. The summed E-state index contributed by atoms with van der Waals surface area (Å²) >= 11 is 0. The molecule has 0 fully saturated rings. The highest BCUT2D eigenvalue weighted by Crippen LogP contribution is 2.22. The lowest BCUT2D eigenvalue weighted by Crippen LogP contribution is -2.10. The lowest BCUT2D eigenvalue weighted by Gasteiger charge is -2.13. The second-order valence-electron chi connectivity index (χ2n) is 3.96. The number of hydrogen-bond donors (Lipinski definition) is 1. The topological polar surface area (TPSA) is 53.2 Å². The minimum absolute atomic E-state index is 0.0395. The van der Waals surface area contributed by atoms with Crippen LogP contribution >= 0.6 is 0 Å². The van der Waals surface area contributed by atoms with Gasteiger partial charge in [0.25, 0.3) is 0 Å². The molecule has 2 rings (SSSR count). The summed E-state index contributed by atoms with van der Waals surface area (Å²) in [5.41, 5.74) is 0.556. The summed E-state index contributed by atoms with van der Waals surface area (Å²) < 4.78 is 18.6. The molecule has 2 aromatic rings. The Labute approximate surface area is 110 Å². The SMILES string of the molecule is N#Cc1c(F)cccc1OCC(O)c1ccccc1. The fraction of sp³-hybridized carbons (Fsp3) is 0.133. The third kappa shape index (κ3) is 3.09. The molecule has 0 spiro atoms. The van der Waals surface area contributed by atoms with Crippen LogP contribution in [0.1, 0.15) is 17.2 Å². The van der Waals surface area contributed by atoms with Crippen LogP contribution in [0.5, 0.6) is 5.75 Å². The van der Waals surface area contributed by atoms with E-state index in [9.17, 15) is 9.50 Å². The third-order valence-corrected chi connectivity index (χ3v) is 2.67. The highest BCUT2D eigenvalue weighted by Gasteiger charge is 2.12. The molecule has 19 heavy (non-hydrogen) atoms. The van der Waals surface area contributed by atoms with Gasteiger partial charge in [-0.15, -0.1) is 0 Å². The zero-order valence-electron chi connectivity index (χ0n) is 10.1. The fourth-order valence-electron chi connectivity index (χ4n) is 1.67. The number of ether oxygens (including phenoxy) is 1. The standard InChI is InChI=1S/C15H12FNO2/c16-13-7-4-8-15(12(13)9-17)19-10-14(18)11-5-2-1-3-6-11/h1-8,14,18H,10H2. The molecule has 1 atom stereocenters. The van der Waals surface area contributed by atoms with Crippen molar-refractivity contribution in [3.63, 3.8) is 0 Å². The minimum Gasteiger partial charge on any atom is -0.489 e. The highest BCUT2D eigenvalue weighted by molar-refractivity contribution is 5.43. The van der Waals surface area contributed by atoms with Gasteiger partial charge in [-0.3, -0.25) is 0 Å². The number of nitrogens with zero attached hydrogens (tertiary/aromatic N) is 1. The van der Waals surface area contributed by atoms with Crippen molar-refractivity contribution in [1.29, 1.82) is 5.26 Å². The molecule has 0 heterocycles. The van der Waals surface area contributed by atoms with E-state index in [2.05, 4.69) is 0 Å². The van der Waals surface area contributed by atoms with Gasteiger partial charge < -0.3 is 9.84 Å². The highest BCUT2D eigenvalue weighted by atomic mass is 19.1. The first-order valence-corrected chi connectivity index (χ1v) is 5.77. The Bertz CT molecular complexity index is 593. The molecule has 2 aromatic carbocycles. The van der Waals surface area contributed by atoms with Crippen LogP contribution in [0.3, 0.4) is 0 Å². The lowest BCUT2D eigenvalue weighted by molar-refractivity contribution is 0.108. The fourth-order valence-corrected chi connectivity index (χ4v) is 1.67. The summed E-state index contributed by atoms with van der Waals surface area (Å²) in [5, 5.41) is 18.8. The van der Waals surface area contributed by atoms with Crippen LogP contribution in [-0.2, 0) is 0 Å². The lowest BCUT2D eigenvalue weighted by atomic mass is 10.1. The van der Waals surface area contributed by atoms with Gasteiger partial charge in [0.15, 0.2) is 0 Å². The Hall–Kier alpha value is -2.38. The number of aliphatic hydroxyl groups excluding tert-OH is 1. The summed E-state index contributed by atoms with van der Waals surface area (Å²) in [7, 11) is 0. The van der Waals surface area contributed by atoms with E-state index in [1.54, 1.807) is 30.3 Å². The van der Waals surface area contributed by atoms with Gasteiger partial charge in [-0.25, -0.2) is 4.39 Å². The van der Waals surface area contributed by atoms with Crippen molar-refractivity contribution < 1.29 is 14.2 Å². The van der Waals surface area contributed by atoms with E-state index in [-0.39, 0.29) is 17.9 Å². The van der Waals surface area contributed by atoms with E-state index in [0.717, 1.165) is 0 Å². The third-order valence-electron chi connectivity index (χ3n) is 2.67. The molecular formula is C15H12FNO2. The van der Waals surface area contributed by atoms with Crippen LogP contribution in [0, 0.1) is 17.1 Å². The van der Waals surface area contributed by atoms with Gasteiger partial charge in [0.2, 0.25) is 0 Å². The molecule has 0 aliphatic rings. The summed E-state index contributed by atoms with van der Waals surface area (Å²) in [6.45, 7) is -0.0395. The van der Waals surface area contributed by atoms with Crippen LogP contribution in [-0.4, -0.2) is 11.7 Å². The number of hydrogen-bond acceptors (Lipinski definition) is 3. The van der Waals surface area contributed by atoms with Gasteiger partial charge in [-0.1, -0.05) is 36.4 Å². The van der Waals surface area contributed by atoms with E-state index in [4.69, 9.17) is 10.00 Å². The first-order chi connectivity index (χ1) is 9.22. The first kappa shape index (κ1) is 13.1. The Morgan fingerprint density at radius 3 is 2.58 bits per heavy atom. The predicted octanol–water partition coefficient (Wildman–Crippen LogP) is 2.81. The Kier molecular flexibility index (Phi) is 4.11. The average molecular weight is 257 g/mol. The van der Waals surface area contributed by atoms with Crippen molar-refractivity contribution >= 4 is 0 Å². The number of aliphatic hydroxyl groups is 1. The molecule has 1 N–H and O–H groups in total. The molecule has 1 unspecified atom stereocenters. The van der Waals surface area contributed by atoms with Gasteiger partial charge in [0, 0.05) is 0 Å². The van der Waals surface area contributed by atoms with Crippen molar-refractivity contribution in [2.75, 3.05) is 6.61 Å². The van der Waals surface area contributed by atoms with E-state index in [1.807, 2.05) is 6.07 Å². The minimum atomic E-state index is -0.823. The zero-order chi connectivity index (χ0) is 13.7. The maximum absolute atomic E-state index is 13.3. The van der Waals surface area contributed by atoms with Crippen molar-refractivity contribution in [2.24, 2.45) is 0 Å². The molecular weight excluding hydrogens is 245 g/mol. The molecule has 0 aliphatic heterocycles. The smallest absolute Gasteiger partial charge is 0.144 e. The van der Waals surface area contributed by atoms with E-state index in [0.29, 0.717) is 5.56 Å². The Balaban J connectivity index is 2.08. The molecule has 0 saturated carbocycles. The van der Waals surface area contributed by atoms with E-state index in [1.165, 1.54) is 18.2 Å². The van der Waals surface area contributed by atoms with Gasteiger partial charge in [0.05, 0.1) is 0 Å². The van der Waals surface area contributed by atoms with Crippen LogP contribution in [0.4, 0.5) is 4.39 Å². The number of benzene rings is 2. The Morgan fingerprint density at radius 1 is 1.16 bits per heavy atom. The summed E-state index contributed by atoms with van der Waals surface area (Å²) in [5.74, 6) is -0.494. The summed E-state index contributed by atoms with van der Waals surface area (Å²) in [4.78, 5) is 0. The van der Waals surface area contributed by atoms with Crippen molar-refractivity contribution in [3.05, 3.63) is 65.5 Å². The quantitative estimate of drug-likeness (QED) is 0.916. The monoisotopic (exact) mass is 257 g/mol. The van der Waals surface area contributed by atoms with Crippen LogP contribution in [0.25, 0.3) is 0 Å². The second kappa shape index (κ2) is 5.98. The van der Waals surface area contributed by atoms with E-state index >= 15 is 0 Å². The molecule has 0 amide bonds.